The van der Waals surface area contributed by atoms with Crippen LogP contribution in [0.2, 0.25) is 0 Å². The van der Waals surface area contributed by atoms with Gasteiger partial charge >= 0.3 is 0 Å². The largest absolute Gasteiger partial charge is 0.484 e. The van der Waals surface area contributed by atoms with E-state index in [1.54, 1.807) is 24.3 Å². The Morgan fingerprint density at radius 3 is 2.46 bits per heavy atom. The Morgan fingerprint density at radius 1 is 1.08 bits per heavy atom. The molecule has 0 bridgehead atoms. The van der Waals surface area contributed by atoms with Crippen molar-refractivity contribution in [2.45, 2.75) is 33.1 Å². The molecule has 2 aromatic rings. The first-order chi connectivity index (χ1) is 12.5. The minimum Gasteiger partial charge on any atom is -0.484 e. The van der Waals surface area contributed by atoms with E-state index in [9.17, 15) is 9.59 Å². The fourth-order valence-electron chi connectivity index (χ4n) is 2.37. The maximum Gasteiger partial charge on any atom is 0.262 e. The van der Waals surface area contributed by atoms with Crippen molar-refractivity contribution in [3.05, 3.63) is 59.7 Å². The van der Waals surface area contributed by atoms with Gasteiger partial charge in [-0.05, 0) is 48.2 Å². The van der Waals surface area contributed by atoms with Crippen molar-refractivity contribution in [3.8, 4) is 5.75 Å². The predicted octanol–water partition coefficient (Wildman–Crippen LogP) is 3.97. The molecule has 0 saturated carbocycles. The Labute approximate surface area is 154 Å². The summed E-state index contributed by atoms with van der Waals surface area (Å²) in [6.07, 6.45) is 0.873. The molecule has 5 nitrogen and oxygen atoms in total. The zero-order valence-electron chi connectivity index (χ0n) is 15.5. The van der Waals surface area contributed by atoms with Crippen molar-refractivity contribution in [1.82, 2.24) is 5.32 Å². The molecule has 2 N–H and O–H groups in total. The molecule has 2 aromatic carbocycles. The second kappa shape index (κ2) is 9.61. The van der Waals surface area contributed by atoms with Crippen molar-refractivity contribution in [3.63, 3.8) is 0 Å². The number of hydrogen-bond acceptors (Lipinski definition) is 3. The van der Waals surface area contributed by atoms with Gasteiger partial charge in [-0.25, -0.2) is 0 Å². The molecule has 2 amide bonds. The first-order valence-electron chi connectivity index (χ1n) is 8.90. The number of carbonyl (C=O) groups excluding carboxylic acids is 2. The standard InChI is InChI=1S/C21H26N2O3/c1-4-12-22-21(25)17-6-5-7-18(13-17)23-20(24)14-26-19-10-8-16(9-11-19)15(2)3/h5-11,13,15H,4,12,14H2,1-3H3,(H,22,25)(H,23,24). The first-order valence-corrected chi connectivity index (χ1v) is 8.90. The van der Waals surface area contributed by atoms with E-state index in [-0.39, 0.29) is 18.4 Å². The van der Waals surface area contributed by atoms with Gasteiger partial charge in [0.2, 0.25) is 0 Å². The van der Waals surface area contributed by atoms with Gasteiger partial charge in [-0.2, -0.15) is 0 Å². The highest BCUT2D eigenvalue weighted by molar-refractivity contribution is 5.97. The summed E-state index contributed by atoms with van der Waals surface area (Å²) in [4.78, 5) is 24.1. The molecule has 0 atom stereocenters. The molecule has 0 aliphatic carbocycles. The SMILES string of the molecule is CCCNC(=O)c1cccc(NC(=O)COc2ccc(C(C)C)cc2)c1. The van der Waals surface area contributed by atoms with E-state index < -0.39 is 0 Å². The van der Waals surface area contributed by atoms with E-state index >= 15 is 0 Å². The number of ether oxygens (including phenoxy) is 1. The Kier molecular flexibility index (Phi) is 7.21. The summed E-state index contributed by atoms with van der Waals surface area (Å²) in [7, 11) is 0. The van der Waals surface area contributed by atoms with Crippen LogP contribution in [0.3, 0.4) is 0 Å². The van der Waals surface area contributed by atoms with Gasteiger partial charge in [-0.15, -0.1) is 0 Å². The molecule has 0 spiro atoms. The normalized spacial score (nSPS) is 10.5. The number of rotatable bonds is 8. The smallest absolute Gasteiger partial charge is 0.262 e. The lowest BCUT2D eigenvalue weighted by Crippen LogP contribution is -2.24. The Hall–Kier alpha value is -2.82. The van der Waals surface area contributed by atoms with Crippen LogP contribution in [-0.2, 0) is 4.79 Å². The van der Waals surface area contributed by atoms with Gasteiger partial charge in [0.1, 0.15) is 5.75 Å². The Balaban J connectivity index is 1.88. The molecule has 26 heavy (non-hydrogen) atoms. The van der Waals surface area contributed by atoms with Gasteiger partial charge in [0.25, 0.3) is 11.8 Å². The molecule has 0 aromatic heterocycles. The summed E-state index contributed by atoms with van der Waals surface area (Å²) in [6.45, 7) is 6.78. The molecular weight excluding hydrogens is 328 g/mol. The molecule has 2 rings (SSSR count). The number of amides is 2. The van der Waals surface area contributed by atoms with Gasteiger partial charge < -0.3 is 15.4 Å². The number of hydrogen-bond donors (Lipinski definition) is 2. The summed E-state index contributed by atoms with van der Waals surface area (Å²) in [6, 6.07) is 14.6. The van der Waals surface area contributed by atoms with Crippen molar-refractivity contribution >= 4 is 17.5 Å². The predicted molar refractivity (Wildman–Crippen MR) is 104 cm³/mol. The van der Waals surface area contributed by atoms with E-state index in [0.29, 0.717) is 29.5 Å². The third-order valence-electron chi connectivity index (χ3n) is 3.86. The molecular formula is C21H26N2O3. The minimum atomic E-state index is -0.274. The van der Waals surface area contributed by atoms with Crippen LogP contribution in [0, 0.1) is 0 Å². The van der Waals surface area contributed by atoms with Gasteiger partial charge in [0.05, 0.1) is 0 Å². The molecule has 0 fully saturated rings. The fourth-order valence-corrected chi connectivity index (χ4v) is 2.37. The topological polar surface area (TPSA) is 67.4 Å². The average molecular weight is 354 g/mol. The maximum absolute atomic E-state index is 12.1. The molecule has 0 radical (unpaired) electrons. The van der Waals surface area contributed by atoms with Crippen LogP contribution in [0.15, 0.2) is 48.5 Å². The van der Waals surface area contributed by atoms with Crippen LogP contribution in [-0.4, -0.2) is 25.0 Å². The molecule has 5 heteroatoms. The van der Waals surface area contributed by atoms with Crippen LogP contribution >= 0.6 is 0 Å². The zero-order valence-corrected chi connectivity index (χ0v) is 15.5. The highest BCUT2D eigenvalue weighted by Crippen LogP contribution is 2.18. The number of nitrogens with one attached hydrogen (secondary N) is 2. The van der Waals surface area contributed by atoms with Crippen LogP contribution in [0.4, 0.5) is 5.69 Å². The van der Waals surface area contributed by atoms with Crippen molar-refractivity contribution in [2.24, 2.45) is 0 Å². The molecule has 138 valence electrons. The van der Waals surface area contributed by atoms with Crippen LogP contribution in [0.1, 0.15) is 49.0 Å². The van der Waals surface area contributed by atoms with E-state index in [0.717, 1.165) is 6.42 Å². The van der Waals surface area contributed by atoms with E-state index in [2.05, 4.69) is 24.5 Å². The lowest BCUT2D eigenvalue weighted by atomic mass is 10.0. The second-order valence-electron chi connectivity index (χ2n) is 6.40. The summed E-state index contributed by atoms with van der Waals surface area (Å²) < 4.78 is 5.51. The number of anilines is 1. The average Bonchev–Trinajstić information content (AvgIpc) is 2.65. The van der Waals surface area contributed by atoms with Crippen molar-refractivity contribution in [2.75, 3.05) is 18.5 Å². The Bertz CT molecular complexity index is 739. The van der Waals surface area contributed by atoms with Crippen molar-refractivity contribution in [1.29, 1.82) is 0 Å². The first kappa shape index (κ1) is 19.5. The second-order valence-corrected chi connectivity index (χ2v) is 6.40. The lowest BCUT2D eigenvalue weighted by Gasteiger charge is -2.10. The third-order valence-corrected chi connectivity index (χ3v) is 3.86. The van der Waals surface area contributed by atoms with E-state index in [1.165, 1.54) is 5.56 Å². The molecule has 0 aliphatic heterocycles. The van der Waals surface area contributed by atoms with Gasteiger partial charge in [0, 0.05) is 17.8 Å². The monoisotopic (exact) mass is 354 g/mol. The summed E-state index contributed by atoms with van der Waals surface area (Å²) in [5.74, 6) is 0.680. The number of benzene rings is 2. The third kappa shape index (κ3) is 5.92. The summed E-state index contributed by atoms with van der Waals surface area (Å²) in [5, 5.41) is 5.56. The van der Waals surface area contributed by atoms with Crippen LogP contribution in [0.25, 0.3) is 0 Å². The quantitative estimate of drug-likeness (QED) is 0.754. The summed E-state index contributed by atoms with van der Waals surface area (Å²) in [5.41, 5.74) is 2.30. The van der Waals surface area contributed by atoms with Gasteiger partial charge in [-0.1, -0.05) is 39.0 Å². The van der Waals surface area contributed by atoms with E-state index in [4.69, 9.17) is 4.74 Å². The highest BCUT2D eigenvalue weighted by atomic mass is 16.5. The van der Waals surface area contributed by atoms with Gasteiger partial charge in [-0.3, -0.25) is 9.59 Å². The fraction of sp³-hybridized carbons (Fsp3) is 0.333. The zero-order chi connectivity index (χ0) is 18.9. The minimum absolute atomic E-state index is 0.0900. The van der Waals surface area contributed by atoms with Crippen LogP contribution < -0.4 is 15.4 Å². The molecule has 0 unspecified atom stereocenters. The maximum atomic E-state index is 12.1. The summed E-state index contributed by atoms with van der Waals surface area (Å²) >= 11 is 0. The van der Waals surface area contributed by atoms with E-state index in [1.807, 2.05) is 31.2 Å². The lowest BCUT2D eigenvalue weighted by molar-refractivity contribution is -0.118. The molecule has 0 heterocycles. The molecule has 0 saturated heterocycles. The van der Waals surface area contributed by atoms with Crippen molar-refractivity contribution < 1.29 is 14.3 Å². The number of carbonyl (C=O) groups is 2. The van der Waals surface area contributed by atoms with Crippen LogP contribution in [0.5, 0.6) is 5.75 Å². The van der Waals surface area contributed by atoms with Gasteiger partial charge in [0.15, 0.2) is 6.61 Å². The molecule has 0 aliphatic rings. The highest BCUT2D eigenvalue weighted by Gasteiger charge is 2.08. The Morgan fingerprint density at radius 2 is 1.81 bits per heavy atom.